The van der Waals surface area contributed by atoms with Gasteiger partial charge in [-0.25, -0.2) is 0 Å². The van der Waals surface area contributed by atoms with Crippen LogP contribution in [0.4, 0.5) is 0 Å². The SMILES string of the molecule is c1ccc(CCOCC[P+](c2ccccc2)(c2ccccc2)c2ccccc2)cc1. The minimum absolute atomic E-state index is 0.749. The summed E-state index contributed by atoms with van der Waals surface area (Å²) >= 11 is 0. The summed E-state index contributed by atoms with van der Waals surface area (Å²) < 4.78 is 6.19. The Morgan fingerprint density at radius 2 is 0.867 bits per heavy atom. The van der Waals surface area contributed by atoms with Crippen molar-refractivity contribution in [2.75, 3.05) is 19.4 Å². The van der Waals surface area contributed by atoms with Gasteiger partial charge in [0.2, 0.25) is 0 Å². The van der Waals surface area contributed by atoms with E-state index in [1.54, 1.807) is 0 Å². The van der Waals surface area contributed by atoms with Crippen LogP contribution >= 0.6 is 7.26 Å². The Hall–Kier alpha value is -2.73. The highest BCUT2D eigenvalue weighted by molar-refractivity contribution is 7.95. The molecule has 0 bridgehead atoms. The first-order chi connectivity index (χ1) is 14.9. The second kappa shape index (κ2) is 10.3. The van der Waals surface area contributed by atoms with Gasteiger partial charge in [0.25, 0.3) is 0 Å². The van der Waals surface area contributed by atoms with Crippen LogP contribution in [0.15, 0.2) is 121 Å². The number of benzene rings is 4. The van der Waals surface area contributed by atoms with Crippen molar-refractivity contribution in [2.45, 2.75) is 6.42 Å². The predicted octanol–water partition coefficient (Wildman–Crippen LogP) is 5.24. The third kappa shape index (κ3) is 4.70. The van der Waals surface area contributed by atoms with Crippen LogP contribution in [0.2, 0.25) is 0 Å². The highest BCUT2D eigenvalue weighted by atomic mass is 31.2. The lowest BCUT2D eigenvalue weighted by Gasteiger charge is -2.27. The Morgan fingerprint density at radius 3 is 1.30 bits per heavy atom. The van der Waals surface area contributed by atoms with Crippen molar-refractivity contribution >= 4 is 23.2 Å². The fraction of sp³-hybridized carbons (Fsp3) is 0.143. The molecule has 4 aromatic carbocycles. The van der Waals surface area contributed by atoms with Crippen LogP contribution in [0.5, 0.6) is 0 Å². The fourth-order valence-corrected chi connectivity index (χ4v) is 8.14. The maximum atomic E-state index is 6.19. The van der Waals surface area contributed by atoms with Crippen molar-refractivity contribution in [1.29, 1.82) is 0 Å². The Kier molecular flexibility index (Phi) is 7.08. The lowest BCUT2D eigenvalue weighted by Crippen LogP contribution is -2.34. The molecule has 0 aliphatic heterocycles. The summed E-state index contributed by atoms with van der Waals surface area (Å²) in [7, 11) is -1.79. The van der Waals surface area contributed by atoms with Crippen molar-refractivity contribution in [3.63, 3.8) is 0 Å². The highest BCUT2D eigenvalue weighted by Crippen LogP contribution is 2.54. The van der Waals surface area contributed by atoms with E-state index in [2.05, 4.69) is 121 Å². The van der Waals surface area contributed by atoms with Crippen molar-refractivity contribution in [3.8, 4) is 0 Å². The fourth-order valence-electron chi connectivity index (χ4n) is 4.02. The van der Waals surface area contributed by atoms with Gasteiger partial charge < -0.3 is 4.74 Å². The van der Waals surface area contributed by atoms with Gasteiger partial charge in [-0.3, -0.25) is 0 Å². The van der Waals surface area contributed by atoms with Gasteiger partial charge >= 0.3 is 0 Å². The molecule has 0 aliphatic carbocycles. The molecular formula is C28H28OP+. The van der Waals surface area contributed by atoms with Crippen LogP contribution in [0, 0.1) is 0 Å². The van der Waals surface area contributed by atoms with Crippen LogP contribution in [0.1, 0.15) is 5.56 Å². The summed E-state index contributed by atoms with van der Waals surface area (Å²) in [5.41, 5.74) is 1.33. The van der Waals surface area contributed by atoms with Gasteiger partial charge in [-0.05, 0) is 48.4 Å². The molecule has 0 saturated heterocycles. The van der Waals surface area contributed by atoms with Crippen LogP contribution in [0.3, 0.4) is 0 Å². The van der Waals surface area contributed by atoms with Gasteiger partial charge in [0, 0.05) is 0 Å². The van der Waals surface area contributed by atoms with E-state index >= 15 is 0 Å². The first-order valence-corrected chi connectivity index (χ1v) is 12.5. The zero-order valence-electron chi connectivity index (χ0n) is 17.2. The molecular weight excluding hydrogens is 383 g/mol. The Morgan fingerprint density at radius 1 is 0.467 bits per heavy atom. The lowest BCUT2D eigenvalue weighted by atomic mass is 10.2. The summed E-state index contributed by atoms with van der Waals surface area (Å²) in [6.45, 7) is 1.50. The summed E-state index contributed by atoms with van der Waals surface area (Å²) in [6, 6.07) is 43.6. The summed E-state index contributed by atoms with van der Waals surface area (Å²) in [4.78, 5) is 0. The van der Waals surface area contributed by atoms with Gasteiger partial charge in [0.15, 0.2) is 0 Å². The first kappa shape index (κ1) is 20.5. The van der Waals surface area contributed by atoms with Crippen molar-refractivity contribution in [1.82, 2.24) is 0 Å². The quantitative estimate of drug-likeness (QED) is 0.270. The highest BCUT2D eigenvalue weighted by Gasteiger charge is 2.44. The molecule has 0 aromatic heterocycles. The maximum absolute atomic E-state index is 6.19. The zero-order valence-corrected chi connectivity index (χ0v) is 18.1. The minimum atomic E-state index is -1.79. The van der Waals surface area contributed by atoms with Crippen LogP contribution in [0.25, 0.3) is 0 Å². The molecule has 0 fully saturated rings. The van der Waals surface area contributed by atoms with E-state index in [-0.39, 0.29) is 0 Å². The Balaban J connectivity index is 1.61. The second-order valence-electron chi connectivity index (χ2n) is 7.39. The molecule has 0 heterocycles. The Labute approximate surface area is 180 Å². The second-order valence-corrected chi connectivity index (χ2v) is 11.0. The van der Waals surface area contributed by atoms with E-state index in [4.69, 9.17) is 4.74 Å². The molecule has 0 aliphatic rings. The Bertz CT molecular complexity index is 905. The smallest absolute Gasteiger partial charge is 0.114 e. The third-order valence-corrected chi connectivity index (χ3v) is 9.93. The van der Waals surface area contributed by atoms with Gasteiger partial charge in [-0.15, -0.1) is 0 Å². The van der Waals surface area contributed by atoms with E-state index in [0.717, 1.165) is 25.8 Å². The first-order valence-electron chi connectivity index (χ1n) is 10.6. The molecule has 30 heavy (non-hydrogen) atoms. The largest absolute Gasteiger partial charge is 0.377 e. The van der Waals surface area contributed by atoms with Crippen molar-refractivity contribution in [3.05, 3.63) is 127 Å². The van der Waals surface area contributed by atoms with E-state index in [1.807, 2.05) is 0 Å². The summed E-state index contributed by atoms with van der Waals surface area (Å²) in [6.07, 6.45) is 1.95. The lowest BCUT2D eigenvalue weighted by molar-refractivity contribution is 0.153. The molecule has 4 aromatic rings. The van der Waals surface area contributed by atoms with E-state index in [9.17, 15) is 0 Å². The average Bonchev–Trinajstić information content (AvgIpc) is 2.84. The van der Waals surface area contributed by atoms with Gasteiger partial charge in [-0.2, -0.15) is 0 Å². The number of ether oxygens (including phenoxy) is 1. The van der Waals surface area contributed by atoms with Crippen molar-refractivity contribution < 1.29 is 4.74 Å². The van der Waals surface area contributed by atoms with Gasteiger partial charge in [0.05, 0.1) is 19.4 Å². The van der Waals surface area contributed by atoms with E-state index in [1.165, 1.54) is 21.5 Å². The van der Waals surface area contributed by atoms with Crippen LogP contribution in [-0.2, 0) is 11.2 Å². The molecule has 0 atom stereocenters. The monoisotopic (exact) mass is 411 g/mol. The molecule has 0 spiro atoms. The maximum Gasteiger partial charge on any atom is 0.114 e. The standard InChI is InChI=1S/C28H28OP/c1-5-13-25(14-6-1)21-22-29-23-24-30(26-15-7-2-8-16-26,27-17-9-3-10-18-27)28-19-11-4-12-20-28/h1-20H,21-24H2/q+1. The minimum Gasteiger partial charge on any atom is -0.377 e. The van der Waals surface area contributed by atoms with Crippen molar-refractivity contribution in [2.24, 2.45) is 0 Å². The molecule has 2 heteroatoms. The summed E-state index contributed by atoms with van der Waals surface area (Å²) in [5.74, 6) is 0. The molecule has 150 valence electrons. The number of rotatable bonds is 9. The molecule has 0 N–H and O–H groups in total. The number of hydrogen-bond acceptors (Lipinski definition) is 1. The molecule has 0 radical (unpaired) electrons. The molecule has 4 rings (SSSR count). The van der Waals surface area contributed by atoms with E-state index in [0.29, 0.717) is 0 Å². The normalized spacial score (nSPS) is 11.3. The molecule has 1 nitrogen and oxygen atoms in total. The van der Waals surface area contributed by atoms with Crippen LogP contribution < -0.4 is 15.9 Å². The average molecular weight is 412 g/mol. The van der Waals surface area contributed by atoms with E-state index < -0.39 is 7.26 Å². The molecule has 0 saturated carbocycles. The zero-order chi connectivity index (χ0) is 20.5. The topological polar surface area (TPSA) is 9.23 Å². The van der Waals surface area contributed by atoms with Gasteiger partial charge in [0.1, 0.15) is 23.2 Å². The van der Waals surface area contributed by atoms with Gasteiger partial charge in [-0.1, -0.05) is 84.9 Å². The number of hydrogen-bond donors (Lipinski definition) is 0. The summed E-state index contributed by atoms with van der Waals surface area (Å²) in [5, 5.41) is 4.23. The predicted molar refractivity (Wildman–Crippen MR) is 131 cm³/mol. The molecule has 0 unspecified atom stereocenters. The third-order valence-electron chi connectivity index (χ3n) is 5.54. The van der Waals surface area contributed by atoms with Crippen LogP contribution in [-0.4, -0.2) is 19.4 Å². The molecule has 0 amide bonds.